The third-order valence-electron chi connectivity index (χ3n) is 3.68. The molecule has 2 N–H and O–H groups in total. The Hall–Kier alpha value is -2.27. The molecular formula is C16H18N2O3. The van der Waals surface area contributed by atoms with Gasteiger partial charge in [0.25, 0.3) is 0 Å². The summed E-state index contributed by atoms with van der Waals surface area (Å²) in [6, 6.07) is 9.62. The first kappa shape index (κ1) is 13.7. The minimum Gasteiger partial charge on any atom is -0.486 e. The Labute approximate surface area is 123 Å². The molecule has 1 aromatic heterocycles. The van der Waals surface area contributed by atoms with E-state index in [1.54, 1.807) is 12.1 Å². The number of hydrogen-bond acceptors (Lipinski definition) is 4. The maximum Gasteiger partial charge on any atom is 0.240 e. The predicted molar refractivity (Wildman–Crippen MR) is 78.9 cm³/mol. The third kappa shape index (κ3) is 2.92. The zero-order valence-electron chi connectivity index (χ0n) is 12.0. The lowest BCUT2D eigenvalue weighted by Crippen LogP contribution is -2.34. The quantitative estimate of drug-likeness (QED) is 0.533. The highest BCUT2D eigenvalue weighted by Gasteiger charge is 2.13. The number of nitrogens with two attached hydrogens (primary N) is 1. The first-order valence-corrected chi connectivity index (χ1v) is 7.02. The topological polar surface area (TPSA) is 68.7 Å². The second kappa shape index (κ2) is 5.61. The number of carbonyl (C=O) groups excluding carboxylic acids is 1. The summed E-state index contributed by atoms with van der Waals surface area (Å²) in [5.74, 6) is 7.07. The van der Waals surface area contributed by atoms with Crippen LogP contribution < -0.4 is 15.6 Å². The molecule has 110 valence electrons. The van der Waals surface area contributed by atoms with Gasteiger partial charge in [0, 0.05) is 13.0 Å². The van der Waals surface area contributed by atoms with Gasteiger partial charge in [0.15, 0.2) is 0 Å². The van der Waals surface area contributed by atoms with Gasteiger partial charge in [-0.15, -0.1) is 0 Å². The lowest BCUT2D eigenvalue weighted by Gasteiger charge is -2.10. The van der Waals surface area contributed by atoms with E-state index in [2.05, 4.69) is 12.1 Å². The van der Waals surface area contributed by atoms with Gasteiger partial charge in [-0.2, -0.15) is 0 Å². The number of benzene rings is 1. The van der Waals surface area contributed by atoms with E-state index >= 15 is 0 Å². The molecule has 1 amide bonds. The van der Waals surface area contributed by atoms with E-state index in [-0.39, 0.29) is 5.91 Å². The van der Waals surface area contributed by atoms with Crippen LogP contribution in [0.25, 0.3) is 0 Å². The molecule has 1 heterocycles. The first-order chi connectivity index (χ1) is 10.1. The summed E-state index contributed by atoms with van der Waals surface area (Å²) in [4.78, 5) is 11.2. The minimum atomic E-state index is -0.282. The number of hydrogen-bond donors (Lipinski definition) is 1. The van der Waals surface area contributed by atoms with E-state index in [1.165, 1.54) is 24.5 Å². The number of anilines is 1. The van der Waals surface area contributed by atoms with Gasteiger partial charge in [-0.25, -0.2) is 10.9 Å². The van der Waals surface area contributed by atoms with Crippen LogP contribution in [0.1, 0.15) is 30.2 Å². The van der Waals surface area contributed by atoms with Crippen molar-refractivity contribution in [2.45, 2.75) is 32.8 Å². The Kier molecular flexibility index (Phi) is 3.66. The van der Waals surface area contributed by atoms with Crippen molar-refractivity contribution < 1.29 is 13.9 Å². The molecule has 1 aliphatic carbocycles. The second-order valence-electron chi connectivity index (χ2n) is 5.20. The predicted octanol–water partition coefficient (Wildman–Crippen LogP) is 2.57. The van der Waals surface area contributed by atoms with Crippen molar-refractivity contribution in [2.24, 2.45) is 5.84 Å². The van der Waals surface area contributed by atoms with Gasteiger partial charge in [-0.1, -0.05) is 6.07 Å². The first-order valence-electron chi connectivity index (χ1n) is 7.02. The normalized spacial score (nSPS) is 13.0. The van der Waals surface area contributed by atoms with E-state index in [0.717, 1.165) is 23.6 Å². The molecule has 0 bridgehead atoms. The molecule has 0 aliphatic heterocycles. The van der Waals surface area contributed by atoms with Crippen molar-refractivity contribution in [3.8, 4) is 5.75 Å². The molecule has 0 radical (unpaired) electrons. The summed E-state index contributed by atoms with van der Waals surface area (Å²) in [6.07, 6.45) is 3.50. The summed E-state index contributed by atoms with van der Waals surface area (Å²) in [5.41, 5.74) is 2.79. The number of aryl methyl sites for hydroxylation is 2. The van der Waals surface area contributed by atoms with Crippen LogP contribution in [0.3, 0.4) is 0 Å². The summed E-state index contributed by atoms with van der Waals surface area (Å²) < 4.78 is 11.2. The van der Waals surface area contributed by atoms with Crippen LogP contribution in [-0.2, 0) is 24.2 Å². The average Bonchev–Trinajstić information content (AvgIpc) is 3.12. The number of fused-ring (bicyclic) bond motifs is 1. The Balaban J connectivity index is 1.64. The molecule has 5 nitrogen and oxygen atoms in total. The Bertz CT molecular complexity index is 663. The number of rotatable bonds is 4. The number of amides is 1. The molecule has 0 saturated carbocycles. The number of furan rings is 1. The monoisotopic (exact) mass is 286 g/mol. The fourth-order valence-corrected chi connectivity index (χ4v) is 2.52. The average molecular weight is 286 g/mol. The van der Waals surface area contributed by atoms with E-state index in [4.69, 9.17) is 15.0 Å². The molecular weight excluding hydrogens is 268 g/mol. The molecule has 0 unspecified atom stereocenters. The summed E-state index contributed by atoms with van der Waals surface area (Å²) in [5, 5.41) is 0.971. The second-order valence-corrected chi connectivity index (χ2v) is 5.20. The largest absolute Gasteiger partial charge is 0.486 e. The van der Waals surface area contributed by atoms with Gasteiger partial charge in [-0.3, -0.25) is 4.79 Å². The van der Waals surface area contributed by atoms with Gasteiger partial charge in [0.1, 0.15) is 18.1 Å². The van der Waals surface area contributed by atoms with Gasteiger partial charge >= 0.3 is 0 Å². The van der Waals surface area contributed by atoms with Crippen molar-refractivity contribution in [1.29, 1.82) is 0 Å². The molecule has 1 aromatic carbocycles. The molecule has 0 spiro atoms. The van der Waals surface area contributed by atoms with Crippen LogP contribution in [0.4, 0.5) is 5.88 Å². The van der Waals surface area contributed by atoms with Gasteiger partial charge < -0.3 is 9.15 Å². The highest BCUT2D eigenvalue weighted by Crippen LogP contribution is 2.26. The van der Waals surface area contributed by atoms with E-state index in [9.17, 15) is 4.79 Å². The number of nitrogens with zero attached hydrogens (tertiary/aromatic N) is 1. The van der Waals surface area contributed by atoms with Crippen molar-refractivity contribution >= 4 is 11.8 Å². The molecule has 1 aliphatic rings. The Morgan fingerprint density at radius 3 is 2.90 bits per heavy atom. The third-order valence-corrected chi connectivity index (χ3v) is 3.68. The number of ether oxygens (including phenoxy) is 1. The Morgan fingerprint density at radius 1 is 1.29 bits per heavy atom. The molecule has 21 heavy (non-hydrogen) atoms. The summed E-state index contributed by atoms with van der Waals surface area (Å²) in [7, 11) is 0. The Morgan fingerprint density at radius 2 is 2.10 bits per heavy atom. The SMILES string of the molecule is CC(=O)N(N)c1ccc(COc2ccc3c(c2)CCC3)o1. The standard InChI is InChI=1S/C16H18N2O3/c1-11(19)18(17)16-8-7-15(21-16)10-20-14-6-5-12-3-2-4-13(12)9-14/h5-9H,2-4,10,17H2,1H3. The molecule has 3 rings (SSSR count). The highest BCUT2D eigenvalue weighted by molar-refractivity contribution is 5.88. The summed E-state index contributed by atoms with van der Waals surface area (Å²) in [6.45, 7) is 1.69. The van der Waals surface area contributed by atoms with Crippen LogP contribution in [0.5, 0.6) is 5.75 Å². The van der Waals surface area contributed by atoms with Crippen LogP contribution in [-0.4, -0.2) is 5.91 Å². The van der Waals surface area contributed by atoms with Crippen molar-refractivity contribution in [3.63, 3.8) is 0 Å². The van der Waals surface area contributed by atoms with Crippen LogP contribution in [0, 0.1) is 0 Å². The van der Waals surface area contributed by atoms with Gasteiger partial charge in [-0.05, 0) is 48.6 Å². The van der Waals surface area contributed by atoms with Crippen molar-refractivity contribution in [3.05, 3.63) is 47.2 Å². The van der Waals surface area contributed by atoms with E-state index in [1.807, 2.05) is 6.07 Å². The lowest BCUT2D eigenvalue weighted by atomic mass is 10.1. The highest BCUT2D eigenvalue weighted by atomic mass is 16.5. The molecule has 5 heteroatoms. The maximum atomic E-state index is 11.2. The minimum absolute atomic E-state index is 0.282. The molecule has 2 aromatic rings. The van der Waals surface area contributed by atoms with Gasteiger partial charge in [0.2, 0.25) is 11.8 Å². The van der Waals surface area contributed by atoms with Crippen LogP contribution >= 0.6 is 0 Å². The van der Waals surface area contributed by atoms with Crippen molar-refractivity contribution in [2.75, 3.05) is 5.01 Å². The number of hydrazine groups is 1. The molecule has 0 atom stereocenters. The van der Waals surface area contributed by atoms with E-state index in [0.29, 0.717) is 18.3 Å². The van der Waals surface area contributed by atoms with Crippen LogP contribution in [0.2, 0.25) is 0 Å². The van der Waals surface area contributed by atoms with Crippen LogP contribution in [0.15, 0.2) is 34.7 Å². The zero-order valence-corrected chi connectivity index (χ0v) is 12.0. The maximum absolute atomic E-state index is 11.2. The summed E-state index contributed by atoms with van der Waals surface area (Å²) >= 11 is 0. The van der Waals surface area contributed by atoms with E-state index < -0.39 is 0 Å². The molecule has 0 saturated heterocycles. The fraction of sp³-hybridized carbons (Fsp3) is 0.312. The zero-order chi connectivity index (χ0) is 14.8. The number of carbonyl (C=O) groups is 1. The lowest BCUT2D eigenvalue weighted by molar-refractivity contribution is -0.116. The molecule has 0 fully saturated rings. The fourth-order valence-electron chi connectivity index (χ4n) is 2.52. The van der Waals surface area contributed by atoms with Gasteiger partial charge in [0.05, 0.1) is 0 Å². The van der Waals surface area contributed by atoms with Crippen molar-refractivity contribution in [1.82, 2.24) is 0 Å². The smallest absolute Gasteiger partial charge is 0.240 e.